The minimum absolute atomic E-state index is 0.187. The zero-order valence-electron chi connectivity index (χ0n) is 15.5. The van der Waals surface area contributed by atoms with E-state index in [1.54, 1.807) is 37.4 Å². The lowest BCUT2D eigenvalue weighted by Crippen LogP contribution is -2.44. The Morgan fingerprint density at radius 2 is 1.85 bits per heavy atom. The summed E-state index contributed by atoms with van der Waals surface area (Å²) in [7, 11) is 2.09. The number of carbonyl (C=O) groups is 2. The molecule has 8 heteroatoms. The monoisotopic (exact) mass is 369 g/mol. The van der Waals surface area contributed by atoms with Crippen molar-refractivity contribution in [3.05, 3.63) is 47.9 Å². The number of rotatable bonds is 5. The van der Waals surface area contributed by atoms with Crippen LogP contribution < -0.4 is 10.2 Å². The summed E-state index contributed by atoms with van der Waals surface area (Å²) in [4.78, 5) is 37.5. The highest BCUT2D eigenvalue weighted by molar-refractivity contribution is 6.06. The standard InChI is InChI=1S/C19H23N5O3/c1-3-27-19(26)14-6-4-5-7-15(14)22-18(25)16-12-21-17(13-20-16)24-10-8-23(2)9-11-24/h4-7,12-13H,3,8-11H2,1-2H3,(H,22,25). The van der Waals surface area contributed by atoms with Gasteiger partial charge in [0.1, 0.15) is 11.5 Å². The smallest absolute Gasteiger partial charge is 0.340 e. The fraction of sp³-hybridized carbons (Fsp3) is 0.368. The quantitative estimate of drug-likeness (QED) is 0.802. The number of carbonyl (C=O) groups excluding carboxylic acids is 2. The van der Waals surface area contributed by atoms with Gasteiger partial charge in [0.05, 0.1) is 30.3 Å². The minimum Gasteiger partial charge on any atom is -0.462 e. The highest BCUT2D eigenvalue weighted by Gasteiger charge is 2.18. The third kappa shape index (κ3) is 4.59. The van der Waals surface area contributed by atoms with Gasteiger partial charge in [-0.3, -0.25) is 4.79 Å². The highest BCUT2D eigenvalue weighted by Crippen LogP contribution is 2.18. The van der Waals surface area contributed by atoms with Gasteiger partial charge < -0.3 is 19.9 Å². The summed E-state index contributed by atoms with van der Waals surface area (Å²) in [5.41, 5.74) is 0.868. The average Bonchev–Trinajstić information content (AvgIpc) is 2.69. The highest BCUT2D eigenvalue weighted by atomic mass is 16.5. The van der Waals surface area contributed by atoms with Gasteiger partial charge in [0.15, 0.2) is 0 Å². The number of anilines is 2. The van der Waals surface area contributed by atoms with E-state index in [2.05, 4.69) is 32.1 Å². The first-order chi connectivity index (χ1) is 13.1. The maximum absolute atomic E-state index is 12.5. The van der Waals surface area contributed by atoms with Crippen LogP contribution in [0.3, 0.4) is 0 Å². The number of hydrogen-bond acceptors (Lipinski definition) is 7. The molecule has 2 heterocycles. The van der Waals surface area contributed by atoms with E-state index in [9.17, 15) is 9.59 Å². The van der Waals surface area contributed by atoms with E-state index in [0.717, 1.165) is 32.0 Å². The van der Waals surface area contributed by atoms with Gasteiger partial charge >= 0.3 is 5.97 Å². The Bertz CT molecular complexity index is 801. The number of hydrogen-bond donors (Lipinski definition) is 1. The van der Waals surface area contributed by atoms with Gasteiger partial charge in [-0.2, -0.15) is 0 Å². The van der Waals surface area contributed by atoms with Crippen LogP contribution in [0.1, 0.15) is 27.8 Å². The van der Waals surface area contributed by atoms with Gasteiger partial charge in [0, 0.05) is 26.2 Å². The largest absolute Gasteiger partial charge is 0.462 e. The molecule has 142 valence electrons. The van der Waals surface area contributed by atoms with Gasteiger partial charge in [-0.1, -0.05) is 12.1 Å². The summed E-state index contributed by atoms with van der Waals surface area (Å²) >= 11 is 0. The number of amides is 1. The molecule has 0 bridgehead atoms. The predicted octanol–water partition coefficient (Wildman–Crippen LogP) is 1.66. The molecule has 1 aliphatic heterocycles. The Morgan fingerprint density at radius 1 is 1.11 bits per heavy atom. The second-order valence-corrected chi connectivity index (χ2v) is 6.27. The van der Waals surface area contributed by atoms with Crippen molar-refractivity contribution in [2.24, 2.45) is 0 Å². The van der Waals surface area contributed by atoms with Crippen LogP contribution in [0, 0.1) is 0 Å². The molecule has 8 nitrogen and oxygen atoms in total. The van der Waals surface area contributed by atoms with Crippen LogP contribution in [0.15, 0.2) is 36.7 Å². The Balaban J connectivity index is 1.69. The number of esters is 1. The number of nitrogens with one attached hydrogen (secondary N) is 1. The van der Waals surface area contributed by atoms with Crippen molar-refractivity contribution in [3.8, 4) is 0 Å². The fourth-order valence-electron chi connectivity index (χ4n) is 2.80. The topological polar surface area (TPSA) is 87.7 Å². The Labute approximate surface area is 158 Å². The van der Waals surface area contributed by atoms with E-state index >= 15 is 0 Å². The summed E-state index contributed by atoms with van der Waals surface area (Å²) in [6, 6.07) is 6.71. The molecule has 0 radical (unpaired) electrons. The van der Waals surface area contributed by atoms with Crippen LogP contribution in [-0.2, 0) is 4.74 Å². The number of ether oxygens (including phenoxy) is 1. The second kappa shape index (κ2) is 8.59. The first kappa shape index (κ1) is 18.8. The first-order valence-corrected chi connectivity index (χ1v) is 8.91. The van der Waals surface area contributed by atoms with Crippen molar-refractivity contribution >= 4 is 23.4 Å². The van der Waals surface area contributed by atoms with Crippen molar-refractivity contribution in [2.75, 3.05) is 50.1 Å². The third-order valence-electron chi connectivity index (χ3n) is 4.37. The normalized spacial score (nSPS) is 14.7. The van der Waals surface area contributed by atoms with E-state index in [0.29, 0.717) is 11.3 Å². The number of nitrogens with zero attached hydrogens (tertiary/aromatic N) is 4. The van der Waals surface area contributed by atoms with Crippen molar-refractivity contribution in [2.45, 2.75) is 6.92 Å². The molecule has 0 aliphatic carbocycles. The zero-order chi connectivity index (χ0) is 19.2. The molecular formula is C19H23N5O3. The van der Waals surface area contributed by atoms with Gasteiger partial charge in [-0.25, -0.2) is 14.8 Å². The second-order valence-electron chi connectivity index (χ2n) is 6.27. The summed E-state index contributed by atoms with van der Waals surface area (Å²) in [5.74, 6) is -0.152. The molecule has 1 aromatic carbocycles. The molecule has 1 fully saturated rings. The van der Waals surface area contributed by atoms with E-state index in [1.165, 1.54) is 6.20 Å². The van der Waals surface area contributed by atoms with Crippen LogP contribution in [0.4, 0.5) is 11.5 Å². The molecule has 0 unspecified atom stereocenters. The van der Waals surface area contributed by atoms with Gasteiger partial charge in [0.2, 0.25) is 0 Å². The van der Waals surface area contributed by atoms with Crippen LogP contribution in [0.5, 0.6) is 0 Å². The van der Waals surface area contributed by atoms with Crippen LogP contribution in [0.2, 0.25) is 0 Å². The minimum atomic E-state index is -0.482. The maximum Gasteiger partial charge on any atom is 0.340 e. The van der Waals surface area contributed by atoms with E-state index in [1.807, 2.05) is 0 Å². The predicted molar refractivity (Wildman–Crippen MR) is 102 cm³/mol. The van der Waals surface area contributed by atoms with Gasteiger partial charge in [-0.05, 0) is 26.1 Å². The average molecular weight is 369 g/mol. The maximum atomic E-state index is 12.5. The molecule has 1 saturated heterocycles. The molecule has 2 aromatic rings. The Kier molecular flexibility index (Phi) is 5.97. The zero-order valence-corrected chi connectivity index (χ0v) is 15.5. The number of para-hydroxylation sites is 1. The molecule has 0 atom stereocenters. The lowest BCUT2D eigenvalue weighted by Gasteiger charge is -2.32. The lowest BCUT2D eigenvalue weighted by molar-refractivity contribution is 0.0527. The third-order valence-corrected chi connectivity index (χ3v) is 4.37. The van der Waals surface area contributed by atoms with E-state index in [-0.39, 0.29) is 12.3 Å². The molecule has 1 aliphatic rings. The van der Waals surface area contributed by atoms with Crippen molar-refractivity contribution in [3.63, 3.8) is 0 Å². The van der Waals surface area contributed by atoms with E-state index < -0.39 is 11.9 Å². The summed E-state index contributed by atoms with van der Waals surface area (Å²) in [6.07, 6.45) is 3.06. The van der Waals surface area contributed by atoms with Crippen LogP contribution in [-0.4, -0.2) is 66.6 Å². The number of benzene rings is 1. The molecule has 1 aromatic heterocycles. The van der Waals surface area contributed by atoms with Crippen molar-refractivity contribution in [1.82, 2.24) is 14.9 Å². The van der Waals surface area contributed by atoms with Crippen molar-refractivity contribution < 1.29 is 14.3 Å². The molecular weight excluding hydrogens is 346 g/mol. The SMILES string of the molecule is CCOC(=O)c1ccccc1NC(=O)c1cnc(N2CCN(C)CC2)cn1. The fourth-order valence-corrected chi connectivity index (χ4v) is 2.80. The summed E-state index contributed by atoms with van der Waals surface area (Å²) in [6.45, 7) is 5.69. The molecule has 0 spiro atoms. The summed E-state index contributed by atoms with van der Waals surface area (Å²) < 4.78 is 5.02. The van der Waals surface area contributed by atoms with Gasteiger partial charge in [0.25, 0.3) is 5.91 Å². The number of piperazine rings is 1. The molecule has 3 rings (SSSR count). The Hall–Kier alpha value is -3.00. The molecule has 0 saturated carbocycles. The first-order valence-electron chi connectivity index (χ1n) is 8.91. The van der Waals surface area contributed by atoms with Gasteiger partial charge in [-0.15, -0.1) is 0 Å². The molecule has 1 N–H and O–H groups in total. The summed E-state index contributed by atoms with van der Waals surface area (Å²) in [5, 5.41) is 2.71. The number of likely N-dealkylation sites (N-methyl/N-ethyl adjacent to an activating group) is 1. The van der Waals surface area contributed by atoms with Crippen molar-refractivity contribution in [1.29, 1.82) is 0 Å². The van der Waals surface area contributed by atoms with E-state index in [4.69, 9.17) is 4.74 Å². The molecule has 1 amide bonds. The lowest BCUT2D eigenvalue weighted by atomic mass is 10.1. The van der Waals surface area contributed by atoms with Crippen LogP contribution >= 0.6 is 0 Å². The number of aromatic nitrogens is 2. The van der Waals surface area contributed by atoms with Crippen LogP contribution in [0.25, 0.3) is 0 Å². The Morgan fingerprint density at radius 3 is 2.52 bits per heavy atom. The molecule has 27 heavy (non-hydrogen) atoms.